The predicted molar refractivity (Wildman–Crippen MR) is 88.8 cm³/mol. The summed E-state index contributed by atoms with van der Waals surface area (Å²) >= 11 is 0. The van der Waals surface area contributed by atoms with Gasteiger partial charge in [-0.25, -0.2) is 0 Å². The van der Waals surface area contributed by atoms with Gasteiger partial charge in [0.25, 0.3) is 5.91 Å². The number of ether oxygens (including phenoxy) is 1. The van der Waals surface area contributed by atoms with Gasteiger partial charge < -0.3 is 15.8 Å². The molecule has 4 heteroatoms. The Bertz CT molecular complexity index is 566. The maximum Gasteiger partial charge on any atom is 0.250 e. The summed E-state index contributed by atoms with van der Waals surface area (Å²) in [4.78, 5) is 11.7. The van der Waals surface area contributed by atoms with E-state index in [0.29, 0.717) is 11.5 Å². The van der Waals surface area contributed by atoms with E-state index in [0.717, 1.165) is 56.7 Å². The molecule has 22 heavy (non-hydrogen) atoms. The molecule has 4 nitrogen and oxygen atoms in total. The lowest BCUT2D eigenvalue weighted by Crippen LogP contribution is -2.18. The van der Waals surface area contributed by atoms with Crippen LogP contribution >= 0.6 is 0 Å². The summed E-state index contributed by atoms with van der Waals surface area (Å²) in [5.41, 5.74) is 7.60. The van der Waals surface area contributed by atoms with E-state index in [1.165, 1.54) is 0 Å². The molecule has 1 aliphatic heterocycles. The van der Waals surface area contributed by atoms with E-state index in [1.54, 1.807) is 6.07 Å². The van der Waals surface area contributed by atoms with E-state index in [9.17, 15) is 4.79 Å². The number of nitrogens with one attached hydrogen (secondary N) is 1. The van der Waals surface area contributed by atoms with Gasteiger partial charge in [-0.05, 0) is 31.0 Å². The lowest BCUT2D eigenvalue weighted by atomic mass is 10.1. The molecule has 3 N–H and O–H groups in total. The number of amides is 1. The molecular formula is C18H24N2O2. The first-order valence-electron chi connectivity index (χ1n) is 7.95. The van der Waals surface area contributed by atoms with Crippen LogP contribution < -0.4 is 11.1 Å². The highest BCUT2D eigenvalue weighted by Crippen LogP contribution is 2.19. The average molecular weight is 300 g/mol. The van der Waals surface area contributed by atoms with Gasteiger partial charge in [0.1, 0.15) is 0 Å². The van der Waals surface area contributed by atoms with Crippen molar-refractivity contribution < 1.29 is 9.53 Å². The van der Waals surface area contributed by atoms with E-state index in [2.05, 4.69) is 24.1 Å². The van der Waals surface area contributed by atoms with Crippen molar-refractivity contribution >= 4 is 11.6 Å². The Morgan fingerprint density at radius 2 is 2.36 bits per heavy atom. The quantitative estimate of drug-likeness (QED) is 0.627. The SMILES string of the molecule is CCCCC#Cc1ccc(NCC2CCOC2)c(C(N)=O)c1. The largest absolute Gasteiger partial charge is 0.384 e. The molecule has 0 saturated carbocycles. The summed E-state index contributed by atoms with van der Waals surface area (Å²) in [7, 11) is 0. The minimum absolute atomic E-state index is 0.428. The fourth-order valence-corrected chi connectivity index (χ4v) is 2.41. The second kappa shape index (κ2) is 8.45. The molecule has 1 atom stereocenters. The average Bonchev–Trinajstić information content (AvgIpc) is 3.03. The van der Waals surface area contributed by atoms with Gasteiger partial charge in [0.05, 0.1) is 12.2 Å². The maximum absolute atomic E-state index is 11.7. The third-order valence-electron chi connectivity index (χ3n) is 3.78. The third-order valence-corrected chi connectivity index (χ3v) is 3.78. The number of hydrogen-bond donors (Lipinski definition) is 2. The predicted octanol–water partition coefficient (Wildman–Crippen LogP) is 2.78. The van der Waals surface area contributed by atoms with Crippen LogP contribution in [0, 0.1) is 17.8 Å². The Morgan fingerprint density at radius 3 is 3.05 bits per heavy atom. The Hall–Kier alpha value is -1.99. The molecule has 118 valence electrons. The highest BCUT2D eigenvalue weighted by molar-refractivity contribution is 5.98. The second-order valence-electron chi connectivity index (χ2n) is 5.64. The molecule has 1 saturated heterocycles. The van der Waals surface area contributed by atoms with Gasteiger partial charge in [-0.2, -0.15) is 0 Å². The van der Waals surface area contributed by atoms with Crippen molar-refractivity contribution in [2.45, 2.75) is 32.6 Å². The smallest absolute Gasteiger partial charge is 0.250 e. The number of nitrogens with two attached hydrogens (primary N) is 1. The van der Waals surface area contributed by atoms with E-state index in [1.807, 2.05) is 12.1 Å². The van der Waals surface area contributed by atoms with Crippen LogP contribution in [0.5, 0.6) is 0 Å². The van der Waals surface area contributed by atoms with Crippen LogP contribution in [0.3, 0.4) is 0 Å². The summed E-state index contributed by atoms with van der Waals surface area (Å²) in [6.45, 7) is 4.53. The van der Waals surface area contributed by atoms with Gasteiger partial charge in [0.2, 0.25) is 0 Å². The van der Waals surface area contributed by atoms with E-state index >= 15 is 0 Å². The van der Waals surface area contributed by atoms with Crippen molar-refractivity contribution in [1.82, 2.24) is 0 Å². The molecule has 0 aromatic heterocycles. The molecule has 0 aliphatic carbocycles. The van der Waals surface area contributed by atoms with Gasteiger partial charge in [-0.15, -0.1) is 0 Å². The standard InChI is InChI=1S/C18H24N2O2/c1-2-3-4-5-6-14-7-8-17(16(11-14)18(19)21)20-12-15-9-10-22-13-15/h7-8,11,15,20H,2-4,9-10,12-13H2,1H3,(H2,19,21). The van der Waals surface area contributed by atoms with Crippen LogP contribution in [0.4, 0.5) is 5.69 Å². The number of unbranched alkanes of at least 4 members (excludes halogenated alkanes) is 2. The minimum Gasteiger partial charge on any atom is -0.384 e. The van der Waals surface area contributed by atoms with Crippen LogP contribution in [0.2, 0.25) is 0 Å². The topological polar surface area (TPSA) is 64.3 Å². The fraction of sp³-hybridized carbons (Fsp3) is 0.500. The number of anilines is 1. The van der Waals surface area contributed by atoms with Gasteiger partial charge in [0, 0.05) is 36.7 Å². The summed E-state index contributed by atoms with van der Waals surface area (Å²) < 4.78 is 5.36. The van der Waals surface area contributed by atoms with Gasteiger partial charge in [0.15, 0.2) is 0 Å². The van der Waals surface area contributed by atoms with Gasteiger partial charge in [-0.3, -0.25) is 4.79 Å². The van der Waals surface area contributed by atoms with Gasteiger partial charge in [-0.1, -0.05) is 25.2 Å². The zero-order valence-corrected chi connectivity index (χ0v) is 13.2. The zero-order valence-electron chi connectivity index (χ0n) is 13.2. The Kier molecular flexibility index (Phi) is 6.29. The summed E-state index contributed by atoms with van der Waals surface area (Å²) in [5, 5.41) is 3.31. The Labute approximate surface area is 132 Å². The second-order valence-corrected chi connectivity index (χ2v) is 5.64. The van der Waals surface area contributed by atoms with Crippen LogP contribution in [0.1, 0.15) is 48.5 Å². The summed E-state index contributed by atoms with van der Waals surface area (Å²) in [6.07, 6.45) is 4.16. The molecule has 0 bridgehead atoms. The minimum atomic E-state index is -0.428. The van der Waals surface area contributed by atoms with E-state index < -0.39 is 5.91 Å². The van der Waals surface area contributed by atoms with Crippen LogP contribution in [0.15, 0.2) is 18.2 Å². The first kappa shape index (κ1) is 16.4. The normalized spacial score (nSPS) is 16.9. The van der Waals surface area contributed by atoms with Crippen LogP contribution in [-0.2, 0) is 4.74 Å². The number of hydrogen-bond acceptors (Lipinski definition) is 3. The molecule has 1 amide bonds. The number of rotatable bonds is 6. The first-order chi connectivity index (χ1) is 10.7. The molecule has 0 radical (unpaired) electrons. The molecule has 1 unspecified atom stereocenters. The number of carbonyl (C=O) groups is 1. The van der Waals surface area contributed by atoms with Crippen molar-refractivity contribution in [2.75, 3.05) is 25.1 Å². The molecule has 1 aromatic carbocycles. The van der Waals surface area contributed by atoms with Crippen molar-refractivity contribution in [3.63, 3.8) is 0 Å². The summed E-state index contributed by atoms with van der Waals surface area (Å²) in [6, 6.07) is 5.59. The Balaban J connectivity index is 2.05. The fourth-order valence-electron chi connectivity index (χ4n) is 2.41. The highest BCUT2D eigenvalue weighted by atomic mass is 16.5. The lowest BCUT2D eigenvalue weighted by Gasteiger charge is -2.13. The summed E-state index contributed by atoms with van der Waals surface area (Å²) in [5.74, 6) is 6.29. The number of carbonyl (C=O) groups excluding carboxylic acids is 1. The van der Waals surface area contributed by atoms with Crippen molar-refractivity contribution in [1.29, 1.82) is 0 Å². The highest BCUT2D eigenvalue weighted by Gasteiger charge is 2.16. The number of primary amides is 1. The van der Waals surface area contributed by atoms with Crippen LogP contribution in [-0.4, -0.2) is 25.7 Å². The maximum atomic E-state index is 11.7. The molecule has 1 fully saturated rings. The van der Waals surface area contributed by atoms with Crippen LogP contribution in [0.25, 0.3) is 0 Å². The van der Waals surface area contributed by atoms with E-state index in [-0.39, 0.29) is 0 Å². The molecule has 2 rings (SSSR count). The van der Waals surface area contributed by atoms with E-state index in [4.69, 9.17) is 10.5 Å². The first-order valence-corrected chi connectivity index (χ1v) is 7.95. The Morgan fingerprint density at radius 1 is 1.50 bits per heavy atom. The molecule has 1 aromatic rings. The lowest BCUT2D eigenvalue weighted by molar-refractivity contribution is 0.100. The zero-order chi connectivity index (χ0) is 15.8. The monoisotopic (exact) mass is 300 g/mol. The van der Waals surface area contributed by atoms with Gasteiger partial charge >= 0.3 is 0 Å². The van der Waals surface area contributed by atoms with Crippen molar-refractivity contribution in [3.05, 3.63) is 29.3 Å². The molecular weight excluding hydrogens is 276 g/mol. The molecule has 1 heterocycles. The molecule has 1 aliphatic rings. The third kappa shape index (κ3) is 4.78. The van der Waals surface area contributed by atoms with Crippen molar-refractivity contribution in [3.8, 4) is 11.8 Å². The van der Waals surface area contributed by atoms with Crippen molar-refractivity contribution in [2.24, 2.45) is 11.7 Å². The molecule has 0 spiro atoms. The number of benzene rings is 1.